The van der Waals surface area contributed by atoms with Gasteiger partial charge < -0.3 is 14.9 Å². The van der Waals surface area contributed by atoms with Crippen molar-refractivity contribution in [2.45, 2.75) is 88.6 Å². The second kappa shape index (κ2) is 10.1. The van der Waals surface area contributed by atoms with Crippen LogP contribution in [0.25, 0.3) is 0 Å². The molecule has 184 valence electrons. The minimum Gasteiger partial charge on any atom is -0.508 e. The Bertz CT molecular complexity index is 1030. The van der Waals surface area contributed by atoms with E-state index in [1.807, 2.05) is 45.0 Å². The van der Waals surface area contributed by atoms with Crippen LogP contribution in [-0.2, 0) is 32.8 Å². The number of phenolic OH excluding ortho intramolecular Hbond substituents is 1. The second-order valence-electron chi connectivity index (χ2n) is 10.6. The zero-order valence-electron chi connectivity index (χ0n) is 21.0. The predicted octanol–water partition coefficient (Wildman–Crippen LogP) is 5.49. The number of hydrogen-bond donors (Lipinski definition) is 2. The van der Waals surface area contributed by atoms with E-state index in [2.05, 4.69) is 20.8 Å². The first-order chi connectivity index (χ1) is 15.9. The molecule has 2 aromatic rings. The number of cyclic esters (lactones) is 1. The summed E-state index contributed by atoms with van der Waals surface area (Å²) in [6.07, 6.45) is 1.37. The lowest BCUT2D eigenvalue weighted by Gasteiger charge is -2.41. The number of phenols is 1. The standard InChI is InChI=1S/C28H36O5S/c1-17(2)28(12-11-19-7-9-21(30)10-8-19)15-23(31)25(26(32)33-28)34-24-13-18(3)20(16-29)14-22(24)27(4,5)6/h7-10,13-14,17,25,29-30H,11-12,15-16H2,1-6H3/t25?,28-/m1/s1. The molecule has 2 aromatic carbocycles. The number of aliphatic hydroxyl groups excluding tert-OH is 1. The largest absolute Gasteiger partial charge is 0.508 e. The van der Waals surface area contributed by atoms with Gasteiger partial charge in [-0.2, -0.15) is 0 Å². The minimum absolute atomic E-state index is 0.0142. The van der Waals surface area contributed by atoms with E-state index in [9.17, 15) is 19.8 Å². The van der Waals surface area contributed by atoms with E-state index >= 15 is 0 Å². The minimum atomic E-state index is -0.902. The highest BCUT2D eigenvalue weighted by Gasteiger charge is 2.49. The first kappa shape index (κ1) is 26.3. The summed E-state index contributed by atoms with van der Waals surface area (Å²) in [6.45, 7) is 12.1. The Hall–Kier alpha value is -2.31. The third kappa shape index (κ3) is 5.66. The molecule has 6 heteroatoms. The van der Waals surface area contributed by atoms with Crippen LogP contribution < -0.4 is 0 Å². The van der Waals surface area contributed by atoms with Crippen molar-refractivity contribution in [3.63, 3.8) is 0 Å². The summed E-state index contributed by atoms with van der Waals surface area (Å²) >= 11 is 1.26. The number of benzene rings is 2. The Morgan fingerprint density at radius 3 is 2.32 bits per heavy atom. The zero-order valence-corrected chi connectivity index (χ0v) is 21.8. The topological polar surface area (TPSA) is 83.8 Å². The average Bonchev–Trinajstić information content (AvgIpc) is 2.75. The Morgan fingerprint density at radius 1 is 1.15 bits per heavy atom. The first-order valence-electron chi connectivity index (χ1n) is 11.8. The van der Waals surface area contributed by atoms with Gasteiger partial charge in [-0.25, -0.2) is 0 Å². The second-order valence-corrected chi connectivity index (χ2v) is 11.8. The maximum Gasteiger partial charge on any atom is 0.327 e. The monoisotopic (exact) mass is 484 g/mol. The number of aromatic hydroxyl groups is 1. The average molecular weight is 485 g/mol. The van der Waals surface area contributed by atoms with Gasteiger partial charge in [-0.15, -0.1) is 11.8 Å². The summed E-state index contributed by atoms with van der Waals surface area (Å²) in [5.41, 5.74) is 2.74. The van der Waals surface area contributed by atoms with Crippen molar-refractivity contribution in [2.24, 2.45) is 5.92 Å². The Kier molecular flexibility index (Phi) is 7.83. The number of carbonyl (C=O) groups is 2. The highest BCUT2D eigenvalue weighted by molar-refractivity contribution is 8.01. The molecule has 1 unspecified atom stereocenters. The lowest BCUT2D eigenvalue weighted by molar-refractivity contribution is -0.176. The molecule has 1 aliphatic heterocycles. The highest BCUT2D eigenvalue weighted by Crippen LogP contribution is 2.42. The van der Waals surface area contributed by atoms with Gasteiger partial charge in [0, 0.05) is 11.3 Å². The number of esters is 1. The van der Waals surface area contributed by atoms with Gasteiger partial charge in [0.05, 0.1) is 6.61 Å². The van der Waals surface area contributed by atoms with E-state index in [0.717, 1.165) is 27.1 Å². The zero-order chi connectivity index (χ0) is 25.3. The Labute approximate surface area is 206 Å². The maximum absolute atomic E-state index is 13.4. The number of rotatable bonds is 7. The summed E-state index contributed by atoms with van der Waals surface area (Å²) in [5, 5.41) is 18.3. The van der Waals surface area contributed by atoms with Crippen LogP contribution in [0.1, 0.15) is 69.7 Å². The molecule has 0 radical (unpaired) electrons. The quantitative estimate of drug-likeness (QED) is 0.399. The molecule has 0 bridgehead atoms. The summed E-state index contributed by atoms with van der Waals surface area (Å²) in [5.74, 6) is -0.396. The van der Waals surface area contributed by atoms with Crippen molar-refractivity contribution < 1.29 is 24.5 Å². The number of carbonyl (C=O) groups excluding carboxylic acids is 2. The molecule has 1 fully saturated rings. The highest BCUT2D eigenvalue weighted by atomic mass is 32.2. The summed E-state index contributed by atoms with van der Waals surface area (Å²) in [4.78, 5) is 27.5. The summed E-state index contributed by atoms with van der Waals surface area (Å²) in [6, 6.07) is 10.9. The van der Waals surface area contributed by atoms with Gasteiger partial charge in [0.15, 0.2) is 11.0 Å². The normalized spacial score (nSPS) is 21.1. The van der Waals surface area contributed by atoms with E-state index < -0.39 is 16.8 Å². The molecule has 3 rings (SSSR count). The van der Waals surface area contributed by atoms with Gasteiger partial charge in [-0.3, -0.25) is 9.59 Å². The SMILES string of the molecule is Cc1cc(SC2C(=O)C[C@](CCc3ccc(O)cc3)(C(C)C)OC2=O)c(C(C)(C)C)cc1CO. The molecule has 1 heterocycles. The van der Waals surface area contributed by atoms with Crippen LogP contribution in [0.5, 0.6) is 5.75 Å². The van der Waals surface area contributed by atoms with E-state index in [1.165, 1.54) is 11.8 Å². The fraction of sp³-hybridized carbons (Fsp3) is 0.500. The lowest BCUT2D eigenvalue weighted by atomic mass is 9.78. The van der Waals surface area contributed by atoms with Crippen molar-refractivity contribution in [3.8, 4) is 5.75 Å². The molecule has 2 atom stereocenters. The lowest BCUT2D eigenvalue weighted by Crippen LogP contribution is -2.52. The van der Waals surface area contributed by atoms with Crippen LogP contribution in [0, 0.1) is 12.8 Å². The molecule has 5 nitrogen and oxygen atoms in total. The van der Waals surface area contributed by atoms with Crippen LogP contribution in [0.2, 0.25) is 0 Å². The van der Waals surface area contributed by atoms with Gasteiger partial charge in [-0.05, 0) is 71.6 Å². The third-order valence-electron chi connectivity index (χ3n) is 6.77. The van der Waals surface area contributed by atoms with Gasteiger partial charge in [0.2, 0.25) is 0 Å². The number of aryl methyl sites for hydroxylation is 2. The third-order valence-corrected chi connectivity index (χ3v) is 8.05. The number of ether oxygens (including phenoxy) is 1. The molecular weight excluding hydrogens is 448 g/mol. The fourth-order valence-corrected chi connectivity index (χ4v) is 5.75. The van der Waals surface area contributed by atoms with Gasteiger partial charge in [0.25, 0.3) is 0 Å². The first-order valence-corrected chi connectivity index (χ1v) is 12.7. The van der Waals surface area contributed by atoms with Gasteiger partial charge >= 0.3 is 5.97 Å². The molecule has 34 heavy (non-hydrogen) atoms. The predicted molar refractivity (Wildman–Crippen MR) is 135 cm³/mol. The Morgan fingerprint density at radius 2 is 1.79 bits per heavy atom. The van der Waals surface area contributed by atoms with Crippen LogP contribution in [0.3, 0.4) is 0 Å². The number of ketones is 1. The molecule has 0 amide bonds. The van der Waals surface area contributed by atoms with Crippen molar-refractivity contribution in [3.05, 3.63) is 58.7 Å². The van der Waals surface area contributed by atoms with E-state index in [1.54, 1.807) is 12.1 Å². The van der Waals surface area contributed by atoms with E-state index in [-0.39, 0.29) is 35.9 Å². The van der Waals surface area contributed by atoms with Crippen molar-refractivity contribution in [1.82, 2.24) is 0 Å². The molecule has 0 aliphatic carbocycles. The van der Waals surface area contributed by atoms with Crippen LogP contribution >= 0.6 is 11.8 Å². The maximum atomic E-state index is 13.4. The smallest absolute Gasteiger partial charge is 0.327 e. The van der Waals surface area contributed by atoms with E-state index in [0.29, 0.717) is 12.8 Å². The van der Waals surface area contributed by atoms with Crippen molar-refractivity contribution in [2.75, 3.05) is 0 Å². The van der Waals surface area contributed by atoms with Gasteiger partial charge in [0.1, 0.15) is 11.4 Å². The van der Waals surface area contributed by atoms with E-state index in [4.69, 9.17) is 4.74 Å². The van der Waals surface area contributed by atoms with Crippen molar-refractivity contribution in [1.29, 1.82) is 0 Å². The Balaban J connectivity index is 1.84. The number of aliphatic hydroxyl groups is 1. The van der Waals surface area contributed by atoms with Crippen LogP contribution in [-0.4, -0.2) is 32.8 Å². The number of Topliss-reactive ketones (excluding diaryl/α,β-unsaturated/α-hetero) is 1. The number of hydrogen-bond acceptors (Lipinski definition) is 6. The molecule has 0 spiro atoms. The van der Waals surface area contributed by atoms with Gasteiger partial charge in [-0.1, -0.05) is 52.8 Å². The molecule has 0 aromatic heterocycles. The molecular formula is C28H36O5S. The van der Waals surface area contributed by atoms with Crippen LogP contribution in [0.4, 0.5) is 0 Å². The van der Waals surface area contributed by atoms with Crippen LogP contribution in [0.15, 0.2) is 41.3 Å². The van der Waals surface area contributed by atoms with Crippen molar-refractivity contribution >= 4 is 23.5 Å². The fourth-order valence-electron chi connectivity index (χ4n) is 4.40. The molecule has 2 N–H and O–H groups in total. The summed E-state index contributed by atoms with van der Waals surface area (Å²) in [7, 11) is 0. The summed E-state index contributed by atoms with van der Waals surface area (Å²) < 4.78 is 6.07. The molecule has 0 saturated carbocycles. The molecule has 1 saturated heterocycles. The molecule has 1 aliphatic rings. The number of thioether (sulfide) groups is 1.